The highest BCUT2D eigenvalue weighted by atomic mass is 79.9. The molecule has 0 aliphatic carbocycles. The minimum Gasteiger partial charge on any atom is -0.487 e. The molecule has 2 aromatic carbocycles. The lowest BCUT2D eigenvalue weighted by atomic mass is 10.1. The van der Waals surface area contributed by atoms with E-state index in [1.165, 1.54) is 6.33 Å². The Morgan fingerprint density at radius 1 is 1.32 bits per heavy atom. The van der Waals surface area contributed by atoms with Crippen molar-refractivity contribution in [3.05, 3.63) is 47.2 Å². The number of carbonyl (C=O) groups excluding carboxylic acids is 2. The number of nitrogens with one attached hydrogen (secondary N) is 2. The Bertz CT molecular complexity index is 1270. The van der Waals surface area contributed by atoms with Crippen molar-refractivity contribution in [2.45, 2.75) is 6.10 Å². The number of nitrogens with zero attached hydrogens (tertiary/aromatic N) is 3. The largest absolute Gasteiger partial charge is 0.487 e. The summed E-state index contributed by atoms with van der Waals surface area (Å²) in [7, 11) is 1.86. The number of carbonyl (C=O) groups is 2. The Hall–Kier alpha value is -3.68. The standard InChI is InChI=1S/C24H22BrN5O4/c1-30-12-18(34-23(32)13-30)14-33-22-11-20-19(10-21(22)26-7-2-3-8-31)24(28-15-27-20)29-17-6-4-5-16(25)9-17/h4-6,8-11,15,18,26H,7,12-14H2,1H3,(H,27,28,29). The molecule has 1 fully saturated rings. The van der Waals surface area contributed by atoms with Crippen LogP contribution in [0.3, 0.4) is 0 Å². The lowest BCUT2D eigenvalue weighted by Crippen LogP contribution is -2.45. The van der Waals surface area contributed by atoms with Crippen molar-refractivity contribution in [3.63, 3.8) is 0 Å². The van der Waals surface area contributed by atoms with Crippen molar-refractivity contribution < 1.29 is 19.1 Å². The van der Waals surface area contributed by atoms with Gasteiger partial charge in [-0.25, -0.2) is 9.97 Å². The van der Waals surface area contributed by atoms with Crippen LogP contribution in [-0.2, 0) is 14.3 Å². The number of esters is 1. The van der Waals surface area contributed by atoms with Crippen LogP contribution in [0, 0.1) is 11.8 Å². The Morgan fingerprint density at radius 2 is 2.21 bits per heavy atom. The van der Waals surface area contributed by atoms with Crippen LogP contribution >= 0.6 is 15.9 Å². The number of hydrogen-bond donors (Lipinski definition) is 2. The van der Waals surface area contributed by atoms with E-state index in [1.54, 1.807) is 6.07 Å². The Balaban J connectivity index is 1.63. The molecule has 4 rings (SSSR count). The van der Waals surface area contributed by atoms with E-state index in [0.29, 0.717) is 35.6 Å². The molecule has 174 valence electrons. The van der Waals surface area contributed by atoms with E-state index in [2.05, 4.69) is 48.4 Å². The van der Waals surface area contributed by atoms with E-state index in [-0.39, 0.29) is 31.8 Å². The summed E-state index contributed by atoms with van der Waals surface area (Å²) in [6.07, 6.45) is 1.64. The highest BCUT2D eigenvalue weighted by Gasteiger charge is 2.25. The van der Waals surface area contributed by atoms with Gasteiger partial charge in [0.2, 0.25) is 0 Å². The van der Waals surface area contributed by atoms with Crippen molar-refractivity contribution in [2.24, 2.45) is 0 Å². The van der Waals surface area contributed by atoms with Crippen LogP contribution in [0.2, 0.25) is 0 Å². The quantitative estimate of drug-likeness (QED) is 0.274. The number of benzene rings is 2. The molecular formula is C24H22BrN5O4. The molecule has 2 heterocycles. The first kappa shape index (κ1) is 23.5. The minimum atomic E-state index is -0.385. The van der Waals surface area contributed by atoms with Gasteiger partial charge in [0.15, 0.2) is 6.29 Å². The van der Waals surface area contributed by atoms with Gasteiger partial charge in [-0.3, -0.25) is 14.5 Å². The van der Waals surface area contributed by atoms with Gasteiger partial charge in [-0.15, -0.1) is 0 Å². The van der Waals surface area contributed by atoms with Gasteiger partial charge in [0, 0.05) is 28.2 Å². The molecule has 1 aliphatic heterocycles. The molecule has 0 saturated carbocycles. The summed E-state index contributed by atoms with van der Waals surface area (Å²) < 4.78 is 12.4. The summed E-state index contributed by atoms with van der Waals surface area (Å²) in [4.78, 5) is 33.0. The Labute approximate surface area is 205 Å². The van der Waals surface area contributed by atoms with E-state index in [4.69, 9.17) is 9.47 Å². The molecule has 0 amide bonds. The summed E-state index contributed by atoms with van der Waals surface area (Å²) in [5, 5.41) is 7.26. The lowest BCUT2D eigenvalue weighted by Gasteiger charge is -2.29. The number of aldehydes is 1. The minimum absolute atomic E-state index is 0.185. The van der Waals surface area contributed by atoms with E-state index in [9.17, 15) is 9.59 Å². The average molecular weight is 524 g/mol. The van der Waals surface area contributed by atoms with Gasteiger partial charge >= 0.3 is 5.97 Å². The van der Waals surface area contributed by atoms with Gasteiger partial charge in [-0.2, -0.15) is 0 Å². The smallest absolute Gasteiger partial charge is 0.320 e. The zero-order chi connectivity index (χ0) is 23.9. The van der Waals surface area contributed by atoms with Crippen LogP contribution in [0.1, 0.15) is 0 Å². The molecule has 1 saturated heterocycles. The summed E-state index contributed by atoms with van der Waals surface area (Å²) in [5.41, 5.74) is 2.18. The molecule has 1 atom stereocenters. The van der Waals surface area contributed by atoms with Crippen molar-refractivity contribution in [2.75, 3.05) is 43.9 Å². The molecule has 34 heavy (non-hydrogen) atoms. The average Bonchev–Trinajstić information content (AvgIpc) is 2.80. The van der Waals surface area contributed by atoms with Gasteiger partial charge in [0.25, 0.3) is 0 Å². The summed E-state index contributed by atoms with van der Waals surface area (Å²) >= 11 is 3.47. The van der Waals surface area contributed by atoms with Gasteiger partial charge in [-0.05, 0) is 37.2 Å². The van der Waals surface area contributed by atoms with E-state index in [0.717, 1.165) is 15.5 Å². The van der Waals surface area contributed by atoms with Crippen LogP contribution in [-0.4, -0.2) is 66.5 Å². The van der Waals surface area contributed by atoms with Crippen molar-refractivity contribution in [1.82, 2.24) is 14.9 Å². The molecule has 0 radical (unpaired) electrons. The number of halogens is 1. The first-order valence-corrected chi connectivity index (χ1v) is 11.3. The van der Waals surface area contributed by atoms with Gasteiger partial charge in [0.05, 0.1) is 24.3 Å². The molecular weight excluding hydrogens is 502 g/mol. The predicted octanol–water partition coefficient (Wildman–Crippen LogP) is 2.99. The molecule has 3 aromatic rings. The Kier molecular flexibility index (Phi) is 7.57. The molecule has 1 unspecified atom stereocenters. The molecule has 0 spiro atoms. The highest BCUT2D eigenvalue weighted by molar-refractivity contribution is 9.10. The third-order valence-electron chi connectivity index (χ3n) is 4.99. The zero-order valence-electron chi connectivity index (χ0n) is 18.4. The number of ether oxygens (including phenoxy) is 2. The molecule has 1 aromatic heterocycles. The lowest BCUT2D eigenvalue weighted by molar-refractivity contribution is -0.159. The Morgan fingerprint density at radius 3 is 3.00 bits per heavy atom. The molecule has 2 N–H and O–H groups in total. The zero-order valence-corrected chi connectivity index (χ0v) is 20.0. The van der Waals surface area contributed by atoms with Gasteiger partial charge < -0.3 is 20.1 Å². The first-order valence-electron chi connectivity index (χ1n) is 10.5. The van der Waals surface area contributed by atoms with Crippen molar-refractivity contribution in [1.29, 1.82) is 0 Å². The molecule has 1 aliphatic rings. The fourth-order valence-electron chi connectivity index (χ4n) is 3.54. The summed E-state index contributed by atoms with van der Waals surface area (Å²) in [6.45, 7) is 1.27. The topological polar surface area (TPSA) is 106 Å². The number of hydrogen-bond acceptors (Lipinski definition) is 9. The molecule has 10 heteroatoms. The number of fused-ring (bicyclic) bond motifs is 1. The monoisotopic (exact) mass is 523 g/mol. The number of anilines is 3. The summed E-state index contributed by atoms with van der Waals surface area (Å²) in [5.74, 6) is 5.97. The molecule has 9 nitrogen and oxygen atoms in total. The van der Waals surface area contributed by atoms with E-state index >= 15 is 0 Å². The number of morpholine rings is 1. The second kappa shape index (κ2) is 11.0. The van der Waals surface area contributed by atoms with Gasteiger partial charge in [-0.1, -0.05) is 27.9 Å². The van der Waals surface area contributed by atoms with E-state index < -0.39 is 0 Å². The second-order valence-corrected chi connectivity index (χ2v) is 8.55. The van der Waals surface area contributed by atoms with E-state index in [1.807, 2.05) is 42.3 Å². The number of rotatable bonds is 7. The second-order valence-electron chi connectivity index (χ2n) is 7.64. The summed E-state index contributed by atoms with van der Waals surface area (Å²) in [6, 6.07) is 11.4. The third kappa shape index (κ3) is 6.01. The molecule has 0 bridgehead atoms. The highest BCUT2D eigenvalue weighted by Crippen LogP contribution is 2.33. The normalized spacial score (nSPS) is 15.7. The fraction of sp³-hybridized carbons (Fsp3) is 0.250. The van der Waals surface area contributed by atoms with Crippen molar-refractivity contribution >= 4 is 56.3 Å². The third-order valence-corrected chi connectivity index (χ3v) is 5.48. The SMILES string of the molecule is CN1CC(=O)OC(COc2cc3ncnc(Nc4cccc(Br)c4)c3cc2NCC#CC=O)C1. The number of aromatic nitrogens is 2. The fourth-order valence-corrected chi connectivity index (χ4v) is 3.94. The maximum Gasteiger partial charge on any atom is 0.320 e. The maximum absolute atomic E-state index is 11.7. The number of cyclic esters (lactones) is 1. The van der Waals surface area contributed by atoms with Crippen LogP contribution in [0.4, 0.5) is 17.2 Å². The number of likely N-dealkylation sites (N-methyl/N-ethyl adjacent to an activating group) is 1. The van der Waals surface area contributed by atoms with Crippen LogP contribution in [0.15, 0.2) is 47.2 Å². The van der Waals surface area contributed by atoms with Crippen molar-refractivity contribution in [3.8, 4) is 17.6 Å². The maximum atomic E-state index is 11.7. The van der Waals surface area contributed by atoms with Gasteiger partial charge in [0.1, 0.15) is 30.6 Å². The van der Waals surface area contributed by atoms with Crippen LogP contribution in [0.5, 0.6) is 5.75 Å². The predicted molar refractivity (Wildman–Crippen MR) is 132 cm³/mol. The first-order chi connectivity index (χ1) is 16.5. The van der Waals surface area contributed by atoms with Crippen LogP contribution < -0.4 is 15.4 Å². The van der Waals surface area contributed by atoms with Crippen LogP contribution in [0.25, 0.3) is 10.9 Å².